The largest absolute Gasteiger partial charge is 0.314 e. The quantitative estimate of drug-likeness (QED) is 0.759. The van der Waals surface area contributed by atoms with Gasteiger partial charge in [-0.05, 0) is 30.3 Å². The molecular formula is C15H9FN2O2S. The van der Waals surface area contributed by atoms with Crippen LogP contribution < -0.4 is 4.90 Å². The van der Waals surface area contributed by atoms with Gasteiger partial charge in [-0.15, -0.1) is 0 Å². The predicted molar refractivity (Wildman–Crippen MR) is 75.9 cm³/mol. The lowest BCUT2D eigenvalue weighted by molar-refractivity contribution is 0.600. The van der Waals surface area contributed by atoms with E-state index in [-0.39, 0.29) is 15.5 Å². The molecule has 1 aliphatic rings. The number of benzene rings is 2. The molecule has 0 amide bonds. The summed E-state index contributed by atoms with van der Waals surface area (Å²) < 4.78 is 38.1. The molecule has 6 heteroatoms. The Morgan fingerprint density at radius 3 is 2.48 bits per heavy atom. The third-order valence-electron chi connectivity index (χ3n) is 3.15. The van der Waals surface area contributed by atoms with E-state index in [1.165, 1.54) is 17.2 Å². The highest BCUT2D eigenvalue weighted by Crippen LogP contribution is 2.39. The molecule has 0 aliphatic carbocycles. The maximum atomic E-state index is 13.5. The summed E-state index contributed by atoms with van der Waals surface area (Å²) in [6.07, 6.45) is 1.21. The van der Waals surface area contributed by atoms with Crippen molar-refractivity contribution in [2.24, 2.45) is 0 Å². The zero-order chi connectivity index (χ0) is 15.0. The molecule has 104 valence electrons. The van der Waals surface area contributed by atoms with Gasteiger partial charge in [0.15, 0.2) is 4.91 Å². The summed E-state index contributed by atoms with van der Waals surface area (Å²) in [6, 6.07) is 13.9. The predicted octanol–water partition coefficient (Wildman–Crippen LogP) is 3.12. The van der Waals surface area contributed by atoms with E-state index in [0.29, 0.717) is 5.69 Å². The first kappa shape index (κ1) is 13.3. The number of anilines is 2. The van der Waals surface area contributed by atoms with Gasteiger partial charge in [0.05, 0.1) is 10.6 Å². The summed E-state index contributed by atoms with van der Waals surface area (Å²) in [6.45, 7) is 0. The molecular weight excluding hydrogens is 291 g/mol. The number of nitrogens with zero attached hydrogens (tertiary/aromatic N) is 2. The third-order valence-corrected chi connectivity index (χ3v) is 4.85. The molecule has 0 fully saturated rings. The van der Waals surface area contributed by atoms with E-state index in [1.54, 1.807) is 30.3 Å². The SMILES string of the molecule is N#CC1=CN(c2ccccc2)c2cc(F)ccc2S1(=O)=O. The fourth-order valence-electron chi connectivity index (χ4n) is 2.17. The van der Waals surface area contributed by atoms with Crippen molar-refractivity contribution in [1.29, 1.82) is 5.26 Å². The average Bonchev–Trinajstić information content (AvgIpc) is 2.48. The van der Waals surface area contributed by atoms with Crippen molar-refractivity contribution < 1.29 is 12.8 Å². The zero-order valence-electron chi connectivity index (χ0n) is 10.7. The fourth-order valence-corrected chi connectivity index (χ4v) is 3.45. The number of allylic oxidation sites excluding steroid dienone is 1. The fraction of sp³-hybridized carbons (Fsp3) is 0. The molecule has 4 nitrogen and oxygen atoms in total. The van der Waals surface area contributed by atoms with Gasteiger partial charge in [-0.2, -0.15) is 5.26 Å². The maximum absolute atomic E-state index is 13.5. The number of rotatable bonds is 1. The second-order valence-corrected chi connectivity index (χ2v) is 6.31. The van der Waals surface area contributed by atoms with E-state index in [4.69, 9.17) is 5.26 Å². The molecule has 3 rings (SSSR count). The minimum atomic E-state index is -3.90. The lowest BCUT2D eigenvalue weighted by Gasteiger charge is -2.27. The normalized spacial score (nSPS) is 15.8. The molecule has 0 bridgehead atoms. The van der Waals surface area contributed by atoms with Crippen LogP contribution >= 0.6 is 0 Å². The minimum absolute atomic E-state index is 0.0770. The van der Waals surface area contributed by atoms with Gasteiger partial charge in [0.25, 0.3) is 0 Å². The second kappa shape index (κ2) is 4.72. The Bertz CT molecular complexity index is 884. The highest BCUT2D eigenvalue weighted by molar-refractivity contribution is 7.95. The van der Waals surface area contributed by atoms with Crippen LogP contribution in [0.25, 0.3) is 0 Å². The molecule has 0 saturated carbocycles. The van der Waals surface area contributed by atoms with Crippen LogP contribution in [0, 0.1) is 17.1 Å². The van der Waals surface area contributed by atoms with Crippen molar-refractivity contribution >= 4 is 21.2 Å². The zero-order valence-corrected chi connectivity index (χ0v) is 11.5. The van der Waals surface area contributed by atoms with Crippen LogP contribution in [0.4, 0.5) is 15.8 Å². The highest BCUT2D eigenvalue weighted by Gasteiger charge is 2.32. The third kappa shape index (κ3) is 2.08. The van der Waals surface area contributed by atoms with Crippen molar-refractivity contribution in [3.63, 3.8) is 0 Å². The van der Waals surface area contributed by atoms with Gasteiger partial charge in [-0.3, -0.25) is 0 Å². The van der Waals surface area contributed by atoms with E-state index in [1.807, 2.05) is 6.07 Å². The Morgan fingerprint density at radius 2 is 1.81 bits per heavy atom. The molecule has 2 aromatic carbocycles. The van der Waals surface area contributed by atoms with Crippen LogP contribution in [0.5, 0.6) is 0 Å². The van der Waals surface area contributed by atoms with E-state index in [2.05, 4.69) is 0 Å². The molecule has 0 N–H and O–H groups in total. The van der Waals surface area contributed by atoms with Gasteiger partial charge >= 0.3 is 0 Å². The van der Waals surface area contributed by atoms with Gasteiger partial charge in [0.2, 0.25) is 9.84 Å². The number of halogens is 1. The summed E-state index contributed by atoms with van der Waals surface area (Å²) >= 11 is 0. The van der Waals surface area contributed by atoms with Gasteiger partial charge in [-0.25, -0.2) is 12.8 Å². The summed E-state index contributed by atoms with van der Waals surface area (Å²) in [5.74, 6) is -0.543. The van der Waals surface area contributed by atoms with Crippen LogP contribution in [0.15, 0.2) is 64.5 Å². The number of hydrogen-bond acceptors (Lipinski definition) is 4. The number of hydrogen-bond donors (Lipinski definition) is 0. The molecule has 0 unspecified atom stereocenters. The summed E-state index contributed by atoms with van der Waals surface area (Å²) in [7, 11) is -3.90. The van der Waals surface area contributed by atoms with E-state index >= 15 is 0 Å². The topological polar surface area (TPSA) is 61.2 Å². The Balaban J connectivity index is 2.32. The van der Waals surface area contributed by atoms with Crippen molar-refractivity contribution in [1.82, 2.24) is 0 Å². The Hall–Kier alpha value is -2.65. The first-order valence-corrected chi connectivity index (χ1v) is 7.53. The van der Waals surface area contributed by atoms with E-state index in [0.717, 1.165) is 12.1 Å². The van der Waals surface area contributed by atoms with E-state index < -0.39 is 15.7 Å². The van der Waals surface area contributed by atoms with Gasteiger partial charge in [0, 0.05) is 11.9 Å². The smallest absolute Gasteiger partial charge is 0.220 e. The number of nitriles is 1. The van der Waals surface area contributed by atoms with Crippen molar-refractivity contribution in [3.8, 4) is 6.07 Å². The van der Waals surface area contributed by atoms with Crippen LogP contribution in [0.1, 0.15) is 0 Å². The molecule has 21 heavy (non-hydrogen) atoms. The Morgan fingerprint density at radius 1 is 1.10 bits per heavy atom. The molecule has 0 aromatic heterocycles. The Labute approximate surface area is 121 Å². The summed E-state index contributed by atoms with van der Waals surface area (Å²) in [5.41, 5.74) is 0.840. The second-order valence-electron chi connectivity index (χ2n) is 4.43. The molecule has 0 atom stereocenters. The number of para-hydroxylation sites is 1. The molecule has 0 radical (unpaired) electrons. The summed E-state index contributed by atoms with van der Waals surface area (Å²) in [4.78, 5) is 1.05. The lowest BCUT2D eigenvalue weighted by atomic mass is 10.2. The van der Waals surface area contributed by atoms with Crippen LogP contribution in [-0.2, 0) is 9.84 Å². The van der Waals surface area contributed by atoms with E-state index in [9.17, 15) is 12.8 Å². The van der Waals surface area contributed by atoms with Crippen molar-refractivity contribution in [3.05, 3.63) is 65.5 Å². The van der Waals surface area contributed by atoms with Crippen LogP contribution in [-0.4, -0.2) is 8.42 Å². The molecule has 2 aromatic rings. The molecule has 1 heterocycles. The monoisotopic (exact) mass is 300 g/mol. The highest BCUT2D eigenvalue weighted by atomic mass is 32.2. The number of sulfone groups is 1. The average molecular weight is 300 g/mol. The van der Waals surface area contributed by atoms with Crippen molar-refractivity contribution in [2.45, 2.75) is 4.90 Å². The minimum Gasteiger partial charge on any atom is -0.314 e. The van der Waals surface area contributed by atoms with Crippen LogP contribution in [0.3, 0.4) is 0 Å². The first-order chi connectivity index (χ1) is 10.0. The Kier molecular flexibility index (Phi) is 3.00. The van der Waals surface area contributed by atoms with Gasteiger partial charge in [-0.1, -0.05) is 18.2 Å². The maximum Gasteiger partial charge on any atom is 0.220 e. The molecule has 0 saturated heterocycles. The lowest BCUT2D eigenvalue weighted by Crippen LogP contribution is -2.21. The first-order valence-electron chi connectivity index (χ1n) is 6.05. The molecule has 1 aliphatic heterocycles. The number of fused-ring (bicyclic) bond motifs is 1. The standard InChI is InChI=1S/C15H9FN2O2S/c16-11-6-7-15-14(8-11)18(12-4-2-1-3-5-12)10-13(9-17)21(15,19)20/h1-8,10H. The van der Waals surface area contributed by atoms with Crippen molar-refractivity contribution in [2.75, 3.05) is 4.90 Å². The van der Waals surface area contributed by atoms with Gasteiger partial charge in [0.1, 0.15) is 11.9 Å². The van der Waals surface area contributed by atoms with Crippen LogP contribution in [0.2, 0.25) is 0 Å². The van der Waals surface area contributed by atoms with Gasteiger partial charge < -0.3 is 4.90 Å². The molecule has 0 spiro atoms. The summed E-state index contributed by atoms with van der Waals surface area (Å²) in [5, 5.41) is 9.07.